The van der Waals surface area contributed by atoms with E-state index in [-0.39, 0.29) is 6.04 Å². The highest BCUT2D eigenvalue weighted by atomic mass is 15.1. The van der Waals surface area contributed by atoms with Crippen molar-refractivity contribution in [3.8, 4) is 6.19 Å². The topological polar surface area (TPSA) is 39.1 Å². The molecule has 1 rings (SSSR count). The summed E-state index contributed by atoms with van der Waals surface area (Å²) < 4.78 is 0. The average molecular weight is 203 g/mol. The average Bonchev–Trinajstić information content (AvgIpc) is 2.19. The lowest BCUT2D eigenvalue weighted by Crippen LogP contribution is -2.34. The molecule has 15 heavy (non-hydrogen) atoms. The number of hydrogen-bond acceptors (Lipinski definition) is 3. The molecular weight excluding hydrogens is 186 g/mol. The maximum atomic E-state index is 8.46. The molecule has 1 atom stereocenters. The van der Waals surface area contributed by atoms with Crippen molar-refractivity contribution < 1.29 is 0 Å². The molecule has 3 heteroatoms. The van der Waals surface area contributed by atoms with Gasteiger partial charge in [0.15, 0.2) is 6.19 Å². The Labute approximate surface area is 91.3 Å². The molecular formula is C12H17N3. The number of likely N-dealkylation sites (N-methyl/N-ethyl adjacent to an activating group) is 1. The zero-order chi connectivity index (χ0) is 11.1. The quantitative estimate of drug-likeness (QED) is 0.583. The third-order valence-corrected chi connectivity index (χ3v) is 2.19. The number of nitriles is 1. The summed E-state index contributed by atoms with van der Waals surface area (Å²) in [7, 11) is 2.06. The molecule has 1 aromatic carbocycles. The van der Waals surface area contributed by atoms with Gasteiger partial charge in [-0.2, -0.15) is 5.26 Å². The van der Waals surface area contributed by atoms with E-state index in [1.54, 1.807) is 0 Å². The van der Waals surface area contributed by atoms with Crippen LogP contribution in [0.2, 0.25) is 0 Å². The van der Waals surface area contributed by atoms with E-state index < -0.39 is 0 Å². The first-order valence-corrected chi connectivity index (χ1v) is 5.09. The van der Waals surface area contributed by atoms with Gasteiger partial charge in [0.05, 0.1) is 0 Å². The van der Waals surface area contributed by atoms with Crippen LogP contribution in [0.25, 0.3) is 0 Å². The Hall–Kier alpha value is -1.53. The molecule has 0 saturated heterocycles. The SMILES string of the molecule is CC(CN(C)Cc1ccccc1)NC#N. The van der Waals surface area contributed by atoms with Crippen molar-refractivity contribution in [1.29, 1.82) is 5.26 Å². The summed E-state index contributed by atoms with van der Waals surface area (Å²) in [6.07, 6.45) is 1.96. The molecule has 0 aliphatic carbocycles. The van der Waals surface area contributed by atoms with Crippen LogP contribution in [0.15, 0.2) is 30.3 Å². The molecule has 1 unspecified atom stereocenters. The van der Waals surface area contributed by atoms with E-state index in [1.165, 1.54) is 5.56 Å². The van der Waals surface area contributed by atoms with E-state index in [1.807, 2.05) is 31.3 Å². The second kappa shape index (κ2) is 6.05. The zero-order valence-corrected chi connectivity index (χ0v) is 9.27. The van der Waals surface area contributed by atoms with Crippen LogP contribution in [-0.2, 0) is 6.54 Å². The van der Waals surface area contributed by atoms with Gasteiger partial charge in [-0.15, -0.1) is 0 Å². The largest absolute Gasteiger partial charge is 0.320 e. The third kappa shape index (κ3) is 4.48. The van der Waals surface area contributed by atoms with Crippen molar-refractivity contribution >= 4 is 0 Å². The fraction of sp³-hybridized carbons (Fsp3) is 0.417. The number of hydrogen-bond donors (Lipinski definition) is 1. The molecule has 0 aliphatic rings. The lowest BCUT2D eigenvalue weighted by Gasteiger charge is -2.20. The van der Waals surface area contributed by atoms with E-state index in [0.717, 1.165) is 13.1 Å². The van der Waals surface area contributed by atoms with Crippen LogP contribution in [0, 0.1) is 11.5 Å². The maximum Gasteiger partial charge on any atom is 0.176 e. The van der Waals surface area contributed by atoms with Gasteiger partial charge in [0.2, 0.25) is 0 Å². The van der Waals surface area contributed by atoms with Crippen molar-refractivity contribution in [1.82, 2.24) is 10.2 Å². The van der Waals surface area contributed by atoms with Crippen molar-refractivity contribution in [2.24, 2.45) is 0 Å². The van der Waals surface area contributed by atoms with Gasteiger partial charge in [-0.05, 0) is 19.5 Å². The van der Waals surface area contributed by atoms with Gasteiger partial charge in [-0.25, -0.2) is 0 Å². The maximum absolute atomic E-state index is 8.46. The van der Waals surface area contributed by atoms with E-state index in [4.69, 9.17) is 5.26 Å². The minimum atomic E-state index is 0.198. The van der Waals surface area contributed by atoms with Crippen LogP contribution in [0.3, 0.4) is 0 Å². The fourth-order valence-electron chi connectivity index (χ4n) is 1.58. The zero-order valence-electron chi connectivity index (χ0n) is 9.27. The first-order chi connectivity index (χ1) is 7.22. The second-order valence-corrected chi connectivity index (χ2v) is 3.84. The van der Waals surface area contributed by atoms with E-state index in [0.29, 0.717) is 0 Å². The van der Waals surface area contributed by atoms with Crippen molar-refractivity contribution in [2.45, 2.75) is 19.5 Å². The van der Waals surface area contributed by atoms with Crippen molar-refractivity contribution in [3.63, 3.8) is 0 Å². The van der Waals surface area contributed by atoms with Gasteiger partial charge in [0, 0.05) is 19.1 Å². The smallest absolute Gasteiger partial charge is 0.176 e. The lowest BCUT2D eigenvalue weighted by atomic mass is 10.2. The van der Waals surface area contributed by atoms with Crippen LogP contribution in [-0.4, -0.2) is 24.5 Å². The van der Waals surface area contributed by atoms with Crippen molar-refractivity contribution in [2.75, 3.05) is 13.6 Å². The summed E-state index contributed by atoms with van der Waals surface area (Å²) in [4.78, 5) is 2.20. The first kappa shape index (κ1) is 11.5. The predicted molar refractivity (Wildman–Crippen MR) is 61.0 cm³/mol. The van der Waals surface area contributed by atoms with Crippen LogP contribution in [0.4, 0.5) is 0 Å². The molecule has 1 N–H and O–H groups in total. The molecule has 0 fully saturated rings. The summed E-state index contributed by atoms with van der Waals surface area (Å²) >= 11 is 0. The number of nitrogens with zero attached hydrogens (tertiary/aromatic N) is 2. The van der Waals surface area contributed by atoms with Gasteiger partial charge in [-0.3, -0.25) is 0 Å². The molecule has 0 amide bonds. The highest BCUT2D eigenvalue weighted by molar-refractivity contribution is 5.14. The van der Waals surface area contributed by atoms with Crippen molar-refractivity contribution in [3.05, 3.63) is 35.9 Å². The Balaban J connectivity index is 2.37. The molecule has 0 radical (unpaired) electrons. The molecule has 1 aromatic rings. The summed E-state index contributed by atoms with van der Waals surface area (Å²) in [5, 5.41) is 11.2. The Kier molecular flexibility index (Phi) is 4.65. The van der Waals surface area contributed by atoms with E-state index in [9.17, 15) is 0 Å². The van der Waals surface area contributed by atoms with Gasteiger partial charge in [-0.1, -0.05) is 30.3 Å². The Morgan fingerprint density at radius 1 is 1.40 bits per heavy atom. The summed E-state index contributed by atoms with van der Waals surface area (Å²) in [6, 6.07) is 10.5. The molecule has 0 spiro atoms. The monoisotopic (exact) mass is 203 g/mol. The van der Waals surface area contributed by atoms with E-state index in [2.05, 4.69) is 29.4 Å². The Morgan fingerprint density at radius 3 is 2.67 bits per heavy atom. The number of nitrogens with one attached hydrogen (secondary N) is 1. The highest BCUT2D eigenvalue weighted by Crippen LogP contribution is 2.02. The Bertz CT molecular complexity index is 315. The molecule has 0 aromatic heterocycles. The van der Waals surface area contributed by atoms with E-state index >= 15 is 0 Å². The second-order valence-electron chi connectivity index (χ2n) is 3.84. The first-order valence-electron chi connectivity index (χ1n) is 5.09. The number of benzene rings is 1. The minimum absolute atomic E-state index is 0.198. The standard InChI is InChI=1S/C12H17N3/c1-11(14-10-13)8-15(2)9-12-6-4-3-5-7-12/h3-7,11,14H,8-9H2,1-2H3. The Morgan fingerprint density at radius 2 is 2.07 bits per heavy atom. The predicted octanol–water partition coefficient (Wildman–Crippen LogP) is 1.58. The van der Waals surface area contributed by atoms with Crippen LogP contribution >= 0.6 is 0 Å². The molecule has 0 saturated carbocycles. The lowest BCUT2D eigenvalue weighted by molar-refractivity contribution is 0.300. The molecule has 0 bridgehead atoms. The third-order valence-electron chi connectivity index (χ3n) is 2.19. The minimum Gasteiger partial charge on any atom is -0.320 e. The molecule has 0 heterocycles. The van der Waals surface area contributed by atoms with Gasteiger partial charge < -0.3 is 10.2 Å². The van der Waals surface area contributed by atoms with Gasteiger partial charge in [0.25, 0.3) is 0 Å². The number of rotatable bonds is 5. The molecule has 80 valence electrons. The van der Waals surface area contributed by atoms with Gasteiger partial charge in [0.1, 0.15) is 0 Å². The van der Waals surface area contributed by atoms with Crippen LogP contribution in [0.1, 0.15) is 12.5 Å². The molecule has 3 nitrogen and oxygen atoms in total. The normalized spacial score (nSPS) is 12.1. The molecule has 0 aliphatic heterocycles. The summed E-state index contributed by atoms with van der Waals surface area (Å²) in [5.41, 5.74) is 1.30. The van der Waals surface area contributed by atoms with Crippen LogP contribution in [0.5, 0.6) is 0 Å². The summed E-state index contributed by atoms with van der Waals surface area (Å²) in [6.45, 7) is 3.78. The van der Waals surface area contributed by atoms with Crippen LogP contribution < -0.4 is 5.32 Å². The van der Waals surface area contributed by atoms with Gasteiger partial charge >= 0.3 is 0 Å². The highest BCUT2D eigenvalue weighted by Gasteiger charge is 2.05. The summed E-state index contributed by atoms with van der Waals surface area (Å²) in [5.74, 6) is 0. The fourth-order valence-corrected chi connectivity index (χ4v) is 1.58.